The predicted octanol–water partition coefficient (Wildman–Crippen LogP) is 2.55. The Morgan fingerprint density at radius 3 is 2.83 bits per heavy atom. The molecule has 2 rings (SSSR count). The number of benzene rings is 1. The van der Waals surface area contributed by atoms with Crippen LogP contribution in [0, 0.1) is 5.82 Å². The largest absolute Gasteiger partial charge is 0.472 e. The number of hydrogen-bond donors (Lipinski definition) is 1. The molecular weight excluding hydrogens is 231 g/mol. The van der Waals surface area contributed by atoms with E-state index in [2.05, 4.69) is 4.90 Å². The molecule has 1 aromatic carbocycles. The Labute approximate surface area is 106 Å². The summed E-state index contributed by atoms with van der Waals surface area (Å²) in [5, 5.41) is 0. The molecule has 18 heavy (non-hydrogen) atoms. The summed E-state index contributed by atoms with van der Waals surface area (Å²) in [6.07, 6.45) is 3.35. The predicted molar refractivity (Wildman–Crippen MR) is 68.4 cm³/mol. The summed E-state index contributed by atoms with van der Waals surface area (Å²) in [4.78, 5) is 2.08. The average Bonchev–Trinajstić information content (AvgIpc) is 2.83. The molecule has 2 aromatic rings. The van der Waals surface area contributed by atoms with Gasteiger partial charge in [0.1, 0.15) is 5.82 Å². The van der Waals surface area contributed by atoms with Crippen LogP contribution in [0.3, 0.4) is 0 Å². The maximum Gasteiger partial charge on any atom is 0.123 e. The van der Waals surface area contributed by atoms with Crippen LogP contribution >= 0.6 is 0 Å². The molecule has 0 aliphatic rings. The second-order valence-corrected chi connectivity index (χ2v) is 4.35. The van der Waals surface area contributed by atoms with E-state index < -0.39 is 0 Å². The lowest BCUT2D eigenvalue weighted by Crippen LogP contribution is -2.30. The molecule has 1 heterocycles. The van der Waals surface area contributed by atoms with Crippen molar-refractivity contribution >= 4 is 0 Å². The van der Waals surface area contributed by atoms with E-state index in [-0.39, 0.29) is 11.9 Å². The summed E-state index contributed by atoms with van der Waals surface area (Å²) in [5.74, 6) is -0.234. The molecule has 1 unspecified atom stereocenters. The lowest BCUT2D eigenvalue weighted by atomic mass is 10.1. The van der Waals surface area contributed by atoms with E-state index in [4.69, 9.17) is 10.2 Å². The molecule has 0 fully saturated rings. The normalized spacial score (nSPS) is 12.9. The standard InChI is InChI=1S/C14H17FN2O/c1-17(9-11-5-6-18-10-11)14(8-16)12-3-2-4-13(15)7-12/h2-7,10,14H,8-9,16H2,1H3. The Morgan fingerprint density at radius 1 is 1.39 bits per heavy atom. The number of halogens is 1. The number of furan rings is 1. The first-order chi connectivity index (χ1) is 8.70. The van der Waals surface area contributed by atoms with Crippen molar-refractivity contribution in [2.45, 2.75) is 12.6 Å². The van der Waals surface area contributed by atoms with Crippen LogP contribution < -0.4 is 5.73 Å². The fourth-order valence-electron chi connectivity index (χ4n) is 2.07. The van der Waals surface area contributed by atoms with Crippen LogP contribution in [0.25, 0.3) is 0 Å². The van der Waals surface area contributed by atoms with Gasteiger partial charge >= 0.3 is 0 Å². The van der Waals surface area contributed by atoms with E-state index in [0.717, 1.165) is 17.7 Å². The number of nitrogens with two attached hydrogens (primary N) is 1. The van der Waals surface area contributed by atoms with Gasteiger partial charge in [-0.25, -0.2) is 4.39 Å². The molecule has 0 amide bonds. The maximum atomic E-state index is 13.2. The van der Waals surface area contributed by atoms with Gasteiger partial charge in [-0.05, 0) is 30.8 Å². The van der Waals surface area contributed by atoms with Crippen molar-refractivity contribution in [1.29, 1.82) is 0 Å². The average molecular weight is 248 g/mol. The molecule has 2 N–H and O–H groups in total. The molecule has 0 spiro atoms. The van der Waals surface area contributed by atoms with Crippen LogP contribution in [-0.2, 0) is 6.54 Å². The Balaban J connectivity index is 2.12. The van der Waals surface area contributed by atoms with Crippen LogP contribution in [0.4, 0.5) is 4.39 Å². The molecule has 0 bridgehead atoms. The summed E-state index contributed by atoms with van der Waals surface area (Å²) >= 11 is 0. The van der Waals surface area contributed by atoms with Crippen molar-refractivity contribution in [1.82, 2.24) is 4.90 Å². The number of rotatable bonds is 5. The highest BCUT2D eigenvalue weighted by Gasteiger charge is 2.16. The minimum atomic E-state index is -0.234. The minimum absolute atomic E-state index is 0.00407. The molecule has 4 heteroatoms. The summed E-state index contributed by atoms with van der Waals surface area (Å²) in [7, 11) is 1.97. The third-order valence-corrected chi connectivity index (χ3v) is 3.00. The molecule has 0 radical (unpaired) electrons. The highest BCUT2D eigenvalue weighted by molar-refractivity contribution is 5.21. The van der Waals surface area contributed by atoms with Gasteiger partial charge in [-0.15, -0.1) is 0 Å². The molecule has 1 atom stereocenters. The minimum Gasteiger partial charge on any atom is -0.472 e. The first kappa shape index (κ1) is 12.8. The van der Waals surface area contributed by atoms with Crippen LogP contribution in [-0.4, -0.2) is 18.5 Å². The highest BCUT2D eigenvalue weighted by Crippen LogP contribution is 2.21. The van der Waals surface area contributed by atoms with Crippen LogP contribution in [0.1, 0.15) is 17.2 Å². The summed E-state index contributed by atoms with van der Waals surface area (Å²) in [6, 6.07) is 8.48. The summed E-state index contributed by atoms with van der Waals surface area (Å²) in [5.41, 5.74) is 7.77. The van der Waals surface area contributed by atoms with Crippen LogP contribution in [0.5, 0.6) is 0 Å². The van der Waals surface area contributed by atoms with E-state index in [1.54, 1.807) is 18.6 Å². The van der Waals surface area contributed by atoms with Crippen molar-refractivity contribution in [2.75, 3.05) is 13.6 Å². The summed E-state index contributed by atoms with van der Waals surface area (Å²) in [6.45, 7) is 1.16. The number of likely N-dealkylation sites (N-methyl/N-ethyl adjacent to an activating group) is 1. The SMILES string of the molecule is CN(Cc1ccoc1)C(CN)c1cccc(F)c1. The van der Waals surface area contributed by atoms with Gasteiger partial charge < -0.3 is 10.2 Å². The van der Waals surface area contributed by atoms with Gasteiger partial charge in [-0.2, -0.15) is 0 Å². The van der Waals surface area contributed by atoms with E-state index >= 15 is 0 Å². The molecule has 0 aliphatic carbocycles. The number of hydrogen-bond acceptors (Lipinski definition) is 3. The molecule has 1 aromatic heterocycles. The van der Waals surface area contributed by atoms with Crippen LogP contribution in [0.15, 0.2) is 47.3 Å². The van der Waals surface area contributed by atoms with Gasteiger partial charge in [0.2, 0.25) is 0 Å². The lowest BCUT2D eigenvalue weighted by Gasteiger charge is -2.26. The lowest BCUT2D eigenvalue weighted by molar-refractivity contribution is 0.240. The molecule has 96 valence electrons. The topological polar surface area (TPSA) is 42.4 Å². The van der Waals surface area contributed by atoms with Gasteiger partial charge in [0, 0.05) is 24.7 Å². The first-order valence-corrected chi connectivity index (χ1v) is 5.87. The fraction of sp³-hybridized carbons (Fsp3) is 0.286. The van der Waals surface area contributed by atoms with Crippen molar-refractivity contribution in [3.63, 3.8) is 0 Å². The van der Waals surface area contributed by atoms with E-state index in [0.29, 0.717) is 6.54 Å². The maximum absolute atomic E-state index is 13.2. The Morgan fingerprint density at radius 2 is 2.22 bits per heavy atom. The number of nitrogens with zero attached hydrogens (tertiary/aromatic N) is 1. The van der Waals surface area contributed by atoms with Crippen LogP contribution in [0.2, 0.25) is 0 Å². The second-order valence-electron chi connectivity index (χ2n) is 4.35. The van der Waals surface area contributed by atoms with Gasteiger partial charge in [-0.1, -0.05) is 12.1 Å². The zero-order valence-corrected chi connectivity index (χ0v) is 10.3. The third-order valence-electron chi connectivity index (χ3n) is 3.00. The fourth-order valence-corrected chi connectivity index (χ4v) is 2.07. The van der Waals surface area contributed by atoms with E-state index in [1.807, 2.05) is 19.2 Å². The zero-order valence-electron chi connectivity index (χ0n) is 10.3. The quantitative estimate of drug-likeness (QED) is 0.884. The summed E-state index contributed by atoms with van der Waals surface area (Å²) < 4.78 is 18.3. The van der Waals surface area contributed by atoms with Gasteiger partial charge in [0.05, 0.1) is 12.5 Å². The Bertz CT molecular complexity index is 484. The monoisotopic (exact) mass is 248 g/mol. The van der Waals surface area contributed by atoms with Gasteiger partial charge in [0.25, 0.3) is 0 Å². The van der Waals surface area contributed by atoms with Crippen molar-refractivity contribution in [2.24, 2.45) is 5.73 Å². The third kappa shape index (κ3) is 2.97. The van der Waals surface area contributed by atoms with E-state index in [9.17, 15) is 4.39 Å². The molecule has 3 nitrogen and oxygen atoms in total. The van der Waals surface area contributed by atoms with Crippen molar-refractivity contribution < 1.29 is 8.81 Å². The Hall–Kier alpha value is -1.65. The Kier molecular flexibility index (Phi) is 4.12. The molecule has 0 aliphatic heterocycles. The van der Waals surface area contributed by atoms with Crippen molar-refractivity contribution in [3.05, 3.63) is 59.8 Å². The molecular formula is C14H17FN2O. The van der Waals surface area contributed by atoms with Crippen molar-refractivity contribution in [3.8, 4) is 0 Å². The smallest absolute Gasteiger partial charge is 0.123 e. The highest BCUT2D eigenvalue weighted by atomic mass is 19.1. The zero-order chi connectivity index (χ0) is 13.0. The van der Waals surface area contributed by atoms with Gasteiger partial charge in [-0.3, -0.25) is 4.90 Å². The first-order valence-electron chi connectivity index (χ1n) is 5.87. The van der Waals surface area contributed by atoms with Gasteiger partial charge in [0.15, 0.2) is 0 Å². The second kappa shape index (κ2) is 5.80. The van der Waals surface area contributed by atoms with E-state index in [1.165, 1.54) is 12.1 Å². The molecule has 0 saturated carbocycles. The molecule has 0 saturated heterocycles.